The Labute approximate surface area is 190 Å². The van der Waals surface area contributed by atoms with Gasteiger partial charge in [0.1, 0.15) is 5.65 Å². The number of benzene rings is 4. The Hall–Kier alpha value is -4.93. The van der Waals surface area contributed by atoms with Crippen LogP contribution in [0.4, 0.5) is 0 Å². The van der Waals surface area contributed by atoms with Gasteiger partial charge in [-0.3, -0.25) is 4.40 Å². The molecule has 0 aliphatic rings. The molecule has 0 atom stereocenters. The summed E-state index contributed by atoms with van der Waals surface area (Å²) in [6.45, 7) is 0. The highest BCUT2D eigenvalue weighted by molar-refractivity contribution is 6.20. The van der Waals surface area contributed by atoms with Crippen molar-refractivity contribution in [1.29, 1.82) is 10.5 Å². The van der Waals surface area contributed by atoms with E-state index in [1.165, 1.54) is 0 Å². The first-order valence-corrected chi connectivity index (χ1v) is 10.6. The highest BCUT2D eigenvalue weighted by Crippen LogP contribution is 2.43. The van der Waals surface area contributed by atoms with Crippen molar-refractivity contribution in [3.05, 3.63) is 108 Å². The third-order valence-electron chi connectivity index (χ3n) is 6.07. The normalized spacial score (nSPS) is 11.0. The molecule has 0 saturated carbocycles. The summed E-state index contributed by atoms with van der Waals surface area (Å²) in [4.78, 5) is 5.05. The highest BCUT2D eigenvalue weighted by atomic mass is 15.0. The molecule has 2 aromatic heterocycles. The molecule has 4 heteroatoms. The second-order valence-corrected chi connectivity index (χ2v) is 7.91. The fourth-order valence-corrected chi connectivity index (χ4v) is 4.59. The van der Waals surface area contributed by atoms with Crippen LogP contribution in [0, 0.1) is 22.7 Å². The summed E-state index contributed by atoms with van der Waals surface area (Å²) in [5, 5.41) is 20.7. The smallest absolute Gasteiger partial charge is 0.137 e. The van der Waals surface area contributed by atoms with E-state index in [4.69, 9.17) is 4.98 Å². The first kappa shape index (κ1) is 18.8. The number of imidazole rings is 1. The van der Waals surface area contributed by atoms with Crippen LogP contribution in [0.25, 0.3) is 49.7 Å². The Morgan fingerprint density at radius 2 is 1.15 bits per heavy atom. The van der Waals surface area contributed by atoms with Crippen molar-refractivity contribution < 1.29 is 0 Å². The van der Waals surface area contributed by atoms with E-state index in [1.54, 1.807) is 0 Å². The number of hydrogen-bond acceptors (Lipinski definition) is 3. The topological polar surface area (TPSA) is 64.9 Å². The average Bonchev–Trinajstić information content (AvgIpc) is 3.26. The number of pyridine rings is 1. The first-order chi connectivity index (χ1) is 16.3. The molecule has 6 aromatic rings. The Morgan fingerprint density at radius 1 is 0.606 bits per heavy atom. The fourth-order valence-electron chi connectivity index (χ4n) is 4.59. The molecule has 0 fully saturated rings. The minimum absolute atomic E-state index is 0.628. The SMILES string of the molecule is N#Cc1ccc(-c2c3ccccc3c(-c3ccc(C#N)cc3)c3c2nc2ccccn23)cc1. The summed E-state index contributed by atoms with van der Waals surface area (Å²) in [6, 6.07) is 34.2. The summed E-state index contributed by atoms with van der Waals surface area (Å²) in [5.41, 5.74) is 8.24. The molecule has 152 valence electrons. The molecule has 0 saturated heterocycles. The lowest BCUT2D eigenvalue weighted by Gasteiger charge is -2.15. The van der Waals surface area contributed by atoms with Gasteiger partial charge in [0.15, 0.2) is 0 Å². The Morgan fingerprint density at radius 3 is 1.76 bits per heavy atom. The molecule has 4 nitrogen and oxygen atoms in total. The maximum absolute atomic E-state index is 9.27. The number of nitrogens with zero attached hydrogens (tertiary/aromatic N) is 4. The molecular formula is C29H16N4. The van der Waals surface area contributed by atoms with Crippen molar-refractivity contribution in [2.45, 2.75) is 0 Å². The van der Waals surface area contributed by atoms with Gasteiger partial charge in [-0.2, -0.15) is 10.5 Å². The second kappa shape index (κ2) is 7.34. The highest BCUT2D eigenvalue weighted by Gasteiger charge is 2.21. The number of fused-ring (bicyclic) bond motifs is 4. The Kier molecular flexibility index (Phi) is 4.18. The van der Waals surface area contributed by atoms with E-state index >= 15 is 0 Å². The maximum Gasteiger partial charge on any atom is 0.137 e. The van der Waals surface area contributed by atoms with Gasteiger partial charge < -0.3 is 0 Å². The predicted molar refractivity (Wildman–Crippen MR) is 131 cm³/mol. The Balaban J connectivity index is 1.82. The lowest BCUT2D eigenvalue weighted by Crippen LogP contribution is -1.92. The second-order valence-electron chi connectivity index (χ2n) is 7.91. The van der Waals surface area contributed by atoms with Gasteiger partial charge in [0.25, 0.3) is 0 Å². The number of aromatic nitrogens is 2. The van der Waals surface area contributed by atoms with Crippen molar-refractivity contribution in [3.63, 3.8) is 0 Å². The molecule has 0 aliphatic heterocycles. The van der Waals surface area contributed by atoms with Crippen molar-refractivity contribution in [1.82, 2.24) is 9.38 Å². The molecule has 0 amide bonds. The molecule has 0 spiro atoms. The quantitative estimate of drug-likeness (QED) is 0.312. The third-order valence-corrected chi connectivity index (χ3v) is 6.07. The molecule has 2 heterocycles. The monoisotopic (exact) mass is 420 g/mol. The van der Waals surface area contributed by atoms with E-state index in [0.29, 0.717) is 11.1 Å². The summed E-state index contributed by atoms with van der Waals surface area (Å²) in [5.74, 6) is 0. The van der Waals surface area contributed by atoms with Crippen LogP contribution < -0.4 is 0 Å². The predicted octanol–water partition coefficient (Wildman–Crippen LogP) is 6.72. The van der Waals surface area contributed by atoms with Crippen molar-refractivity contribution in [2.75, 3.05) is 0 Å². The molecule has 0 aliphatic carbocycles. The first-order valence-electron chi connectivity index (χ1n) is 10.6. The van der Waals surface area contributed by atoms with Gasteiger partial charge in [0, 0.05) is 17.3 Å². The molecule has 0 unspecified atom stereocenters. The number of hydrogen-bond donors (Lipinski definition) is 0. The van der Waals surface area contributed by atoms with E-state index in [-0.39, 0.29) is 0 Å². The van der Waals surface area contributed by atoms with Crippen LogP contribution in [0.3, 0.4) is 0 Å². The lowest BCUT2D eigenvalue weighted by molar-refractivity contribution is 1.23. The summed E-state index contributed by atoms with van der Waals surface area (Å²) in [7, 11) is 0. The van der Waals surface area contributed by atoms with Crippen LogP contribution in [0.2, 0.25) is 0 Å². The van der Waals surface area contributed by atoms with E-state index in [1.807, 2.05) is 85.1 Å². The fraction of sp³-hybridized carbons (Fsp3) is 0. The summed E-state index contributed by atoms with van der Waals surface area (Å²) >= 11 is 0. The molecule has 4 aromatic carbocycles. The van der Waals surface area contributed by atoms with Crippen LogP contribution in [0.5, 0.6) is 0 Å². The molecule has 0 N–H and O–H groups in total. The standard InChI is InChI=1S/C29H16N4/c30-17-19-8-12-21(13-9-19)26-23-5-1-2-6-24(23)27(22-14-10-20(18-31)11-15-22)29-28(26)32-25-7-3-4-16-33(25)29/h1-16H. The van der Waals surface area contributed by atoms with Gasteiger partial charge in [-0.1, -0.05) is 54.6 Å². The zero-order valence-electron chi connectivity index (χ0n) is 17.5. The summed E-state index contributed by atoms with van der Waals surface area (Å²) < 4.78 is 2.13. The maximum atomic E-state index is 9.27. The molecular weight excluding hydrogens is 404 g/mol. The molecule has 33 heavy (non-hydrogen) atoms. The van der Waals surface area contributed by atoms with Crippen molar-refractivity contribution in [3.8, 4) is 34.4 Å². The van der Waals surface area contributed by atoms with Gasteiger partial charge >= 0.3 is 0 Å². The van der Waals surface area contributed by atoms with Crippen molar-refractivity contribution in [2.24, 2.45) is 0 Å². The van der Waals surface area contributed by atoms with Crippen LogP contribution in [-0.4, -0.2) is 9.38 Å². The molecule has 0 bridgehead atoms. The van der Waals surface area contributed by atoms with Gasteiger partial charge in [0.2, 0.25) is 0 Å². The zero-order valence-corrected chi connectivity index (χ0v) is 17.5. The minimum atomic E-state index is 0.628. The zero-order chi connectivity index (χ0) is 22.4. The number of rotatable bonds is 2. The van der Waals surface area contributed by atoms with Crippen LogP contribution in [0.1, 0.15) is 11.1 Å². The van der Waals surface area contributed by atoms with E-state index in [0.717, 1.165) is 49.7 Å². The lowest BCUT2D eigenvalue weighted by atomic mass is 9.89. The van der Waals surface area contributed by atoms with Gasteiger partial charge in [-0.15, -0.1) is 0 Å². The van der Waals surface area contributed by atoms with Crippen LogP contribution in [-0.2, 0) is 0 Å². The largest absolute Gasteiger partial charge is 0.299 e. The van der Waals surface area contributed by atoms with E-state index in [9.17, 15) is 10.5 Å². The average molecular weight is 420 g/mol. The van der Waals surface area contributed by atoms with E-state index < -0.39 is 0 Å². The van der Waals surface area contributed by atoms with Crippen LogP contribution in [0.15, 0.2) is 97.2 Å². The van der Waals surface area contributed by atoms with Crippen LogP contribution >= 0.6 is 0 Å². The minimum Gasteiger partial charge on any atom is -0.299 e. The Bertz CT molecular complexity index is 1760. The van der Waals surface area contributed by atoms with Gasteiger partial charge in [-0.05, 0) is 58.3 Å². The summed E-state index contributed by atoms with van der Waals surface area (Å²) in [6.07, 6.45) is 2.04. The van der Waals surface area contributed by atoms with E-state index in [2.05, 4.69) is 28.7 Å². The van der Waals surface area contributed by atoms with Crippen molar-refractivity contribution >= 4 is 27.5 Å². The van der Waals surface area contributed by atoms with Gasteiger partial charge in [0.05, 0.1) is 34.3 Å². The molecule has 6 rings (SSSR count). The number of nitriles is 2. The van der Waals surface area contributed by atoms with Gasteiger partial charge in [-0.25, -0.2) is 4.98 Å². The molecule has 0 radical (unpaired) electrons. The third kappa shape index (κ3) is 2.86.